The monoisotopic (exact) mass is 271 g/mol. The summed E-state index contributed by atoms with van der Waals surface area (Å²) in [5.41, 5.74) is 4.93. The molecule has 0 aliphatic carbocycles. The molecule has 1 saturated heterocycles. The summed E-state index contributed by atoms with van der Waals surface area (Å²) in [6.07, 6.45) is 2.25. The zero-order valence-electron chi connectivity index (χ0n) is 12.7. The molecule has 1 rings (SSSR count). The molecule has 1 fully saturated rings. The van der Waals surface area contributed by atoms with Gasteiger partial charge in [-0.05, 0) is 40.2 Å². The van der Waals surface area contributed by atoms with E-state index in [2.05, 4.69) is 31.0 Å². The SMILES string of the molecule is CCCNC(C)(CCN1C[C@@H](C)O[C@@H](C)C1)C(N)=O. The van der Waals surface area contributed by atoms with Crippen molar-refractivity contribution in [1.82, 2.24) is 10.2 Å². The molecule has 0 aromatic rings. The first kappa shape index (κ1) is 16.4. The van der Waals surface area contributed by atoms with E-state index in [1.165, 1.54) is 0 Å². The van der Waals surface area contributed by atoms with Crippen LogP contribution in [0, 0.1) is 0 Å². The number of morpholine rings is 1. The van der Waals surface area contributed by atoms with Crippen LogP contribution < -0.4 is 11.1 Å². The minimum absolute atomic E-state index is 0.257. The predicted molar refractivity (Wildman–Crippen MR) is 77.0 cm³/mol. The van der Waals surface area contributed by atoms with Crippen LogP contribution in [0.2, 0.25) is 0 Å². The van der Waals surface area contributed by atoms with Gasteiger partial charge in [0.25, 0.3) is 0 Å². The van der Waals surface area contributed by atoms with Crippen molar-refractivity contribution in [2.75, 3.05) is 26.2 Å². The molecule has 5 heteroatoms. The minimum atomic E-state index is -0.610. The number of carbonyl (C=O) groups excluding carboxylic acids is 1. The number of rotatable bonds is 7. The van der Waals surface area contributed by atoms with Gasteiger partial charge < -0.3 is 15.8 Å². The summed E-state index contributed by atoms with van der Waals surface area (Å²) in [6, 6.07) is 0. The van der Waals surface area contributed by atoms with Crippen LogP contribution in [0.5, 0.6) is 0 Å². The Morgan fingerprint density at radius 1 is 1.42 bits per heavy atom. The molecule has 3 atom stereocenters. The quantitative estimate of drug-likeness (QED) is 0.716. The molecule has 3 N–H and O–H groups in total. The highest BCUT2D eigenvalue weighted by atomic mass is 16.5. The van der Waals surface area contributed by atoms with Gasteiger partial charge in [-0.15, -0.1) is 0 Å². The second-order valence-corrected chi connectivity index (χ2v) is 5.89. The zero-order valence-corrected chi connectivity index (χ0v) is 12.7. The van der Waals surface area contributed by atoms with E-state index >= 15 is 0 Å². The van der Waals surface area contributed by atoms with Crippen LogP contribution in [0.25, 0.3) is 0 Å². The molecule has 1 heterocycles. The summed E-state index contributed by atoms with van der Waals surface area (Å²) in [7, 11) is 0. The van der Waals surface area contributed by atoms with Crippen LogP contribution in [0.4, 0.5) is 0 Å². The fourth-order valence-corrected chi connectivity index (χ4v) is 2.55. The summed E-state index contributed by atoms with van der Waals surface area (Å²) in [6.45, 7) is 11.7. The topological polar surface area (TPSA) is 67.6 Å². The van der Waals surface area contributed by atoms with Crippen molar-refractivity contribution in [2.45, 2.75) is 58.3 Å². The average Bonchev–Trinajstić information content (AvgIpc) is 2.32. The van der Waals surface area contributed by atoms with E-state index in [0.717, 1.165) is 39.0 Å². The highest BCUT2D eigenvalue weighted by Gasteiger charge is 2.31. The highest BCUT2D eigenvalue weighted by molar-refractivity contribution is 5.84. The molecule has 19 heavy (non-hydrogen) atoms. The number of nitrogens with two attached hydrogens (primary N) is 1. The smallest absolute Gasteiger partial charge is 0.237 e. The van der Waals surface area contributed by atoms with Gasteiger partial charge in [-0.3, -0.25) is 9.69 Å². The molecule has 0 aromatic heterocycles. The third-order valence-corrected chi connectivity index (χ3v) is 3.73. The summed E-state index contributed by atoms with van der Waals surface area (Å²) in [5, 5.41) is 3.27. The van der Waals surface area contributed by atoms with Gasteiger partial charge in [0.1, 0.15) is 0 Å². The van der Waals surface area contributed by atoms with Crippen LogP contribution in [0.15, 0.2) is 0 Å². The summed E-state index contributed by atoms with van der Waals surface area (Å²) in [4.78, 5) is 14.0. The molecular weight excluding hydrogens is 242 g/mol. The molecule has 0 aromatic carbocycles. The summed E-state index contributed by atoms with van der Waals surface area (Å²) < 4.78 is 5.71. The number of amides is 1. The van der Waals surface area contributed by atoms with Gasteiger partial charge in [0.05, 0.1) is 17.7 Å². The Bertz CT molecular complexity index is 288. The van der Waals surface area contributed by atoms with Gasteiger partial charge in [0.15, 0.2) is 0 Å². The van der Waals surface area contributed by atoms with E-state index in [-0.39, 0.29) is 18.1 Å². The molecule has 0 spiro atoms. The third kappa shape index (κ3) is 5.09. The van der Waals surface area contributed by atoms with E-state index in [1.54, 1.807) is 0 Å². The Hall–Kier alpha value is -0.650. The molecule has 1 unspecified atom stereocenters. The highest BCUT2D eigenvalue weighted by Crippen LogP contribution is 2.15. The van der Waals surface area contributed by atoms with Gasteiger partial charge in [-0.2, -0.15) is 0 Å². The molecular formula is C14H29N3O2. The number of ether oxygens (including phenoxy) is 1. The maximum absolute atomic E-state index is 11.6. The molecule has 112 valence electrons. The van der Waals surface area contributed by atoms with Crippen molar-refractivity contribution in [3.05, 3.63) is 0 Å². The molecule has 1 amide bonds. The first-order valence-corrected chi connectivity index (χ1v) is 7.30. The van der Waals surface area contributed by atoms with E-state index in [4.69, 9.17) is 10.5 Å². The van der Waals surface area contributed by atoms with Gasteiger partial charge >= 0.3 is 0 Å². The molecule has 0 saturated carbocycles. The lowest BCUT2D eigenvalue weighted by Gasteiger charge is -2.37. The van der Waals surface area contributed by atoms with Crippen molar-refractivity contribution < 1.29 is 9.53 Å². The second-order valence-electron chi connectivity index (χ2n) is 5.89. The van der Waals surface area contributed by atoms with Crippen LogP contribution in [-0.2, 0) is 9.53 Å². The Morgan fingerprint density at radius 2 is 2.00 bits per heavy atom. The largest absolute Gasteiger partial charge is 0.373 e. The molecule has 5 nitrogen and oxygen atoms in total. The van der Waals surface area contributed by atoms with Gasteiger partial charge in [0.2, 0.25) is 5.91 Å². The van der Waals surface area contributed by atoms with E-state index in [9.17, 15) is 4.79 Å². The third-order valence-electron chi connectivity index (χ3n) is 3.73. The number of hydrogen-bond acceptors (Lipinski definition) is 4. The van der Waals surface area contributed by atoms with Crippen molar-refractivity contribution >= 4 is 5.91 Å². The summed E-state index contributed by atoms with van der Waals surface area (Å²) >= 11 is 0. The van der Waals surface area contributed by atoms with Crippen LogP contribution >= 0.6 is 0 Å². The van der Waals surface area contributed by atoms with Crippen LogP contribution in [-0.4, -0.2) is 54.7 Å². The van der Waals surface area contributed by atoms with Crippen molar-refractivity contribution in [2.24, 2.45) is 5.73 Å². The standard InChI is InChI=1S/C14H29N3O2/c1-5-7-16-14(4,13(15)18)6-8-17-9-11(2)19-12(3)10-17/h11-12,16H,5-10H2,1-4H3,(H2,15,18)/t11-,12+,14?. The van der Waals surface area contributed by atoms with Crippen LogP contribution in [0.1, 0.15) is 40.5 Å². The first-order chi connectivity index (χ1) is 8.87. The maximum atomic E-state index is 11.6. The Kier molecular flexibility index (Phi) is 6.23. The second kappa shape index (κ2) is 7.22. The lowest BCUT2D eigenvalue weighted by molar-refractivity contribution is -0.124. The fourth-order valence-electron chi connectivity index (χ4n) is 2.55. The van der Waals surface area contributed by atoms with E-state index in [1.807, 2.05) is 6.92 Å². The first-order valence-electron chi connectivity index (χ1n) is 7.30. The number of nitrogens with one attached hydrogen (secondary N) is 1. The fraction of sp³-hybridized carbons (Fsp3) is 0.929. The predicted octanol–water partition coefficient (Wildman–Crippen LogP) is 0.729. The van der Waals surface area contributed by atoms with E-state index < -0.39 is 5.54 Å². The average molecular weight is 271 g/mol. The van der Waals surface area contributed by atoms with Crippen molar-refractivity contribution in [3.63, 3.8) is 0 Å². The van der Waals surface area contributed by atoms with Gasteiger partial charge in [-0.25, -0.2) is 0 Å². The normalized spacial score (nSPS) is 28.0. The molecule has 1 aliphatic rings. The van der Waals surface area contributed by atoms with Gasteiger partial charge in [0, 0.05) is 19.6 Å². The van der Waals surface area contributed by atoms with Crippen molar-refractivity contribution in [1.29, 1.82) is 0 Å². The Labute approximate surface area is 116 Å². The lowest BCUT2D eigenvalue weighted by atomic mass is 9.96. The lowest BCUT2D eigenvalue weighted by Crippen LogP contribution is -2.56. The molecule has 0 bridgehead atoms. The summed E-state index contributed by atoms with van der Waals surface area (Å²) in [5.74, 6) is -0.268. The number of primary amides is 1. The Balaban J connectivity index is 2.49. The van der Waals surface area contributed by atoms with Crippen molar-refractivity contribution in [3.8, 4) is 0 Å². The number of carbonyl (C=O) groups is 1. The van der Waals surface area contributed by atoms with E-state index in [0.29, 0.717) is 0 Å². The zero-order chi connectivity index (χ0) is 14.5. The van der Waals surface area contributed by atoms with Gasteiger partial charge in [-0.1, -0.05) is 6.92 Å². The molecule has 0 radical (unpaired) electrons. The Morgan fingerprint density at radius 3 is 2.47 bits per heavy atom. The number of nitrogens with zero attached hydrogens (tertiary/aromatic N) is 1. The van der Waals surface area contributed by atoms with Crippen LogP contribution in [0.3, 0.4) is 0 Å². The minimum Gasteiger partial charge on any atom is -0.373 e. The maximum Gasteiger partial charge on any atom is 0.237 e. The molecule has 1 aliphatic heterocycles. The number of hydrogen-bond donors (Lipinski definition) is 2.